The Morgan fingerprint density at radius 2 is 2.33 bits per heavy atom. The molecule has 0 aromatic rings. The van der Waals surface area contributed by atoms with Crippen molar-refractivity contribution in [2.45, 2.75) is 19.8 Å². The number of hydrogen-bond acceptors (Lipinski definition) is 3. The first-order valence-corrected chi connectivity index (χ1v) is 4.12. The van der Waals surface area contributed by atoms with E-state index in [1.165, 1.54) is 0 Å². The summed E-state index contributed by atoms with van der Waals surface area (Å²) < 4.78 is 4.74. The van der Waals surface area contributed by atoms with Crippen molar-refractivity contribution in [2.24, 2.45) is 5.92 Å². The number of aliphatic hydroxyl groups excluding tert-OH is 1. The van der Waals surface area contributed by atoms with Gasteiger partial charge < -0.3 is 15.3 Å². The molecule has 2 N–H and O–H groups in total. The van der Waals surface area contributed by atoms with E-state index >= 15 is 0 Å². The molecule has 0 saturated carbocycles. The molecule has 0 amide bonds. The maximum absolute atomic E-state index is 8.71. The summed E-state index contributed by atoms with van der Waals surface area (Å²) in [6.45, 7) is 1.87. The number of allylic oxidation sites excluding steroid dienone is 1. The van der Waals surface area contributed by atoms with Crippen molar-refractivity contribution >= 4 is 5.71 Å². The highest BCUT2D eigenvalue weighted by Gasteiger charge is 2.08. The maximum atomic E-state index is 8.71. The quantitative estimate of drug-likeness (QED) is 0.471. The third kappa shape index (κ3) is 4.13. The van der Waals surface area contributed by atoms with Gasteiger partial charge in [-0.05, 0) is 18.9 Å². The third-order valence-electron chi connectivity index (χ3n) is 1.81. The number of nitrogens with one attached hydrogen (secondary N) is 1. The molecule has 0 aliphatic heterocycles. The van der Waals surface area contributed by atoms with E-state index in [0.29, 0.717) is 5.71 Å². The SMILES string of the molecule is CCC(C/C=C\OC)C(=N)CO. The zero-order valence-electron chi connectivity index (χ0n) is 7.71. The van der Waals surface area contributed by atoms with Gasteiger partial charge in [-0.3, -0.25) is 0 Å². The van der Waals surface area contributed by atoms with E-state index < -0.39 is 0 Å². The molecule has 0 aromatic heterocycles. The second kappa shape index (κ2) is 6.85. The van der Waals surface area contributed by atoms with Crippen molar-refractivity contribution in [3.05, 3.63) is 12.3 Å². The van der Waals surface area contributed by atoms with Crippen LogP contribution in [0.3, 0.4) is 0 Å². The Balaban J connectivity index is 3.82. The van der Waals surface area contributed by atoms with Crippen LogP contribution >= 0.6 is 0 Å². The van der Waals surface area contributed by atoms with Gasteiger partial charge in [-0.15, -0.1) is 0 Å². The second-order valence-electron chi connectivity index (χ2n) is 2.63. The number of aliphatic hydroxyl groups is 1. The minimum atomic E-state index is -0.140. The number of hydrogen-bond donors (Lipinski definition) is 2. The van der Waals surface area contributed by atoms with Crippen LogP contribution in [0.2, 0.25) is 0 Å². The molecule has 0 aliphatic rings. The molecule has 12 heavy (non-hydrogen) atoms. The van der Waals surface area contributed by atoms with Crippen LogP contribution in [0.5, 0.6) is 0 Å². The van der Waals surface area contributed by atoms with Crippen LogP contribution in [-0.4, -0.2) is 24.5 Å². The summed E-state index contributed by atoms with van der Waals surface area (Å²) in [7, 11) is 1.59. The molecule has 0 saturated heterocycles. The van der Waals surface area contributed by atoms with Gasteiger partial charge >= 0.3 is 0 Å². The molecule has 70 valence electrons. The first-order chi connectivity index (χ1) is 5.76. The van der Waals surface area contributed by atoms with Crippen LogP contribution in [0.4, 0.5) is 0 Å². The average Bonchev–Trinajstić information content (AvgIpc) is 2.11. The van der Waals surface area contributed by atoms with E-state index in [9.17, 15) is 0 Å². The van der Waals surface area contributed by atoms with Gasteiger partial charge in [0.05, 0.1) is 20.0 Å². The zero-order chi connectivity index (χ0) is 9.40. The predicted molar refractivity (Wildman–Crippen MR) is 49.4 cm³/mol. The fourth-order valence-electron chi connectivity index (χ4n) is 1.00. The standard InChI is InChI=1S/C9H17NO2/c1-3-8(9(10)7-11)5-4-6-12-2/h4,6,8,10-11H,3,5,7H2,1-2H3/b6-4-,10-9?. The molecular weight excluding hydrogens is 154 g/mol. The van der Waals surface area contributed by atoms with Crippen LogP contribution in [-0.2, 0) is 4.74 Å². The molecule has 0 radical (unpaired) electrons. The molecule has 1 atom stereocenters. The molecule has 0 aromatic carbocycles. The molecule has 0 spiro atoms. The number of rotatable bonds is 6. The Kier molecular flexibility index (Phi) is 6.38. The highest BCUT2D eigenvalue weighted by molar-refractivity contribution is 5.84. The van der Waals surface area contributed by atoms with Crippen LogP contribution in [0.15, 0.2) is 12.3 Å². The number of ether oxygens (including phenoxy) is 1. The lowest BCUT2D eigenvalue weighted by atomic mass is 9.97. The van der Waals surface area contributed by atoms with Gasteiger partial charge in [-0.1, -0.05) is 6.92 Å². The summed E-state index contributed by atoms with van der Waals surface area (Å²) in [4.78, 5) is 0. The monoisotopic (exact) mass is 171 g/mol. The van der Waals surface area contributed by atoms with E-state index in [1.54, 1.807) is 13.4 Å². The molecule has 3 nitrogen and oxygen atoms in total. The van der Waals surface area contributed by atoms with Gasteiger partial charge in [0, 0.05) is 11.6 Å². The van der Waals surface area contributed by atoms with E-state index in [4.69, 9.17) is 15.3 Å². The Labute approximate surface area is 73.6 Å². The minimum Gasteiger partial charge on any atom is -0.505 e. The largest absolute Gasteiger partial charge is 0.505 e. The smallest absolute Gasteiger partial charge is 0.0809 e. The first kappa shape index (κ1) is 11.2. The van der Waals surface area contributed by atoms with Crippen molar-refractivity contribution < 1.29 is 9.84 Å². The Bertz CT molecular complexity index is 155. The molecule has 1 unspecified atom stereocenters. The minimum absolute atomic E-state index is 0.140. The molecule has 3 heteroatoms. The zero-order valence-corrected chi connectivity index (χ0v) is 7.71. The Morgan fingerprint density at radius 3 is 2.75 bits per heavy atom. The fraction of sp³-hybridized carbons (Fsp3) is 0.667. The summed E-state index contributed by atoms with van der Waals surface area (Å²) in [5.74, 6) is 0.154. The summed E-state index contributed by atoms with van der Waals surface area (Å²) in [6.07, 6.45) is 5.13. The molecule has 0 heterocycles. The molecule has 0 bridgehead atoms. The average molecular weight is 171 g/mol. The first-order valence-electron chi connectivity index (χ1n) is 4.12. The van der Waals surface area contributed by atoms with E-state index in [-0.39, 0.29) is 12.5 Å². The molecule has 0 aliphatic carbocycles. The van der Waals surface area contributed by atoms with Crippen molar-refractivity contribution in [1.82, 2.24) is 0 Å². The number of methoxy groups -OCH3 is 1. The van der Waals surface area contributed by atoms with Gasteiger partial charge in [0.25, 0.3) is 0 Å². The van der Waals surface area contributed by atoms with E-state index in [1.807, 2.05) is 13.0 Å². The van der Waals surface area contributed by atoms with E-state index in [0.717, 1.165) is 12.8 Å². The summed E-state index contributed by atoms with van der Waals surface area (Å²) in [5.41, 5.74) is 0.401. The predicted octanol–water partition coefficient (Wildman–Crippen LogP) is 1.57. The van der Waals surface area contributed by atoms with Gasteiger partial charge in [-0.2, -0.15) is 0 Å². The summed E-state index contributed by atoms with van der Waals surface area (Å²) >= 11 is 0. The van der Waals surface area contributed by atoms with Crippen molar-refractivity contribution in [3.63, 3.8) is 0 Å². The maximum Gasteiger partial charge on any atom is 0.0809 e. The summed E-state index contributed by atoms with van der Waals surface area (Å²) in [5, 5.41) is 16.1. The molecular formula is C9H17NO2. The Hall–Kier alpha value is -0.830. The van der Waals surface area contributed by atoms with Crippen molar-refractivity contribution in [3.8, 4) is 0 Å². The summed E-state index contributed by atoms with van der Waals surface area (Å²) in [6, 6.07) is 0. The lowest BCUT2D eigenvalue weighted by Gasteiger charge is -2.11. The van der Waals surface area contributed by atoms with Crippen LogP contribution in [0.25, 0.3) is 0 Å². The third-order valence-corrected chi connectivity index (χ3v) is 1.81. The highest BCUT2D eigenvalue weighted by Crippen LogP contribution is 2.10. The molecule has 0 fully saturated rings. The molecule has 0 rings (SSSR count). The lowest BCUT2D eigenvalue weighted by Crippen LogP contribution is -2.15. The topological polar surface area (TPSA) is 53.3 Å². The Morgan fingerprint density at radius 1 is 1.67 bits per heavy atom. The van der Waals surface area contributed by atoms with Gasteiger partial charge in [-0.25, -0.2) is 0 Å². The van der Waals surface area contributed by atoms with Crippen LogP contribution in [0.1, 0.15) is 19.8 Å². The normalized spacial score (nSPS) is 13.2. The van der Waals surface area contributed by atoms with Crippen molar-refractivity contribution in [1.29, 1.82) is 5.41 Å². The van der Waals surface area contributed by atoms with Gasteiger partial charge in [0.15, 0.2) is 0 Å². The van der Waals surface area contributed by atoms with Crippen molar-refractivity contribution in [2.75, 3.05) is 13.7 Å². The highest BCUT2D eigenvalue weighted by atomic mass is 16.5. The van der Waals surface area contributed by atoms with Gasteiger partial charge in [0.2, 0.25) is 0 Å². The lowest BCUT2D eigenvalue weighted by molar-refractivity contribution is 0.334. The second-order valence-corrected chi connectivity index (χ2v) is 2.63. The fourth-order valence-corrected chi connectivity index (χ4v) is 1.00. The van der Waals surface area contributed by atoms with E-state index in [2.05, 4.69) is 0 Å². The van der Waals surface area contributed by atoms with Crippen LogP contribution < -0.4 is 0 Å². The van der Waals surface area contributed by atoms with Gasteiger partial charge in [0.1, 0.15) is 0 Å². The van der Waals surface area contributed by atoms with Crippen LogP contribution in [0, 0.1) is 11.3 Å².